The van der Waals surface area contributed by atoms with Crippen molar-refractivity contribution in [1.82, 2.24) is 10.2 Å². The molecule has 5 heteroatoms. The summed E-state index contributed by atoms with van der Waals surface area (Å²) in [5, 5.41) is 23.9. The van der Waals surface area contributed by atoms with Crippen molar-refractivity contribution in [2.24, 2.45) is 5.92 Å². The second-order valence-corrected chi connectivity index (χ2v) is 7.48. The number of carbonyl (C=O) groups is 1. The number of piperidine rings is 1. The number of hydrogen-bond donors (Lipinski definition) is 3. The van der Waals surface area contributed by atoms with Gasteiger partial charge in [0.05, 0.1) is 5.60 Å². The fraction of sp³-hybridized carbons (Fsp3) is 0.632. The second kappa shape index (κ2) is 7.21. The number of benzene rings is 1. The quantitative estimate of drug-likeness (QED) is 0.733. The molecular weight excluding hydrogens is 304 g/mol. The molecule has 132 valence electrons. The number of hydrogen-bond acceptors (Lipinski definition) is 4. The number of aliphatic hydroxyl groups excluding tert-OH is 1. The fourth-order valence-electron chi connectivity index (χ4n) is 3.48. The number of rotatable bonds is 6. The van der Waals surface area contributed by atoms with Gasteiger partial charge in [-0.05, 0) is 57.2 Å². The van der Waals surface area contributed by atoms with Gasteiger partial charge in [0.1, 0.15) is 6.10 Å². The zero-order valence-corrected chi connectivity index (χ0v) is 14.3. The van der Waals surface area contributed by atoms with Gasteiger partial charge in [0, 0.05) is 12.6 Å². The van der Waals surface area contributed by atoms with E-state index in [1.54, 1.807) is 0 Å². The molecule has 1 aliphatic heterocycles. The van der Waals surface area contributed by atoms with Crippen LogP contribution >= 0.6 is 0 Å². The molecule has 2 atom stereocenters. The van der Waals surface area contributed by atoms with Crippen molar-refractivity contribution >= 4 is 5.91 Å². The maximum atomic E-state index is 12.0. The molecule has 2 fully saturated rings. The van der Waals surface area contributed by atoms with Crippen LogP contribution in [0.1, 0.15) is 38.2 Å². The van der Waals surface area contributed by atoms with Crippen molar-refractivity contribution in [1.29, 1.82) is 0 Å². The molecule has 0 spiro atoms. The highest BCUT2D eigenvalue weighted by Gasteiger charge is 2.34. The van der Waals surface area contributed by atoms with Crippen LogP contribution < -0.4 is 5.32 Å². The van der Waals surface area contributed by atoms with Crippen molar-refractivity contribution in [3.8, 4) is 0 Å². The Kier molecular flexibility index (Phi) is 5.23. The third-order valence-electron chi connectivity index (χ3n) is 5.20. The molecule has 1 aromatic carbocycles. The first-order chi connectivity index (χ1) is 11.5. The van der Waals surface area contributed by atoms with E-state index in [9.17, 15) is 15.0 Å². The molecule has 0 bridgehead atoms. The predicted octanol–water partition coefficient (Wildman–Crippen LogP) is 1.25. The lowest BCUT2D eigenvalue weighted by Gasteiger charge is -2.37. The fourth-order valence-corrected chi connectivity index (χ4v) is 3.48. The van der Waals surface area contributed by atoms with Gasteiger partial charge in [0.25, 0.3) is 0 Å². The molecule has 1 amide bonds. The van der Waals surface area contributed by atoms with E-state index in [0.29, 0.717) is 6.54 Å². The van der Waals surface area contributed by atoms with Gasteiger partial charge < -0.3 is 20.4 Å². The van der Waals surface area contributed by atoms with Crippen LogP contribution in [-0.2, 0) is 10.4 Å². The first-order valence-electron chi connectivity index (χ1n) is 8.94. The minimum Gasteiger partial charge on any atom is -0.384 e. The summed E-state index contributed by atoms with van der Waals surface area (Å²) in [5.41, 5.74) is 0.0201. The molecule has 3 rings (SSSR count). The van der Waals surface area contributed by atoms with Crippen molar-refractivity contribution in [3.63, 3.8) is 0 Å². The molecule has 1 aliphatic carbocycles. The van der Waals surface area contributed by atoms with Gasteiger partial charge in [-0.25, -0.2) is 0 Å². The van der Waals surface area contributed by atoms with Crippen LogP contribution in [0.25, 0.3) is 0 Å². The van der Waals surface area contributed by atoms with E-state index in [1.807, 2.05) is 37.3 Å². The number of nitrogens with one attached hydrogen (secondary N) is 1. The smallest absolute Gasteiger partial charge is 0.249 e. The Hall–Kier alpha value is -1.43. The normalized spacial score (nSPS) is 23.5. The summed E-state index contributed by atoms with van der Waals surface area (Å²) in [6.07, 6.45) is 2.73. The van der Waals surface area contributed by atoms with E-state index in [4.69, 9.17) is 0 Å². The van der Waals surface area contributed by atoms with E-state index >= 15 is 0 Å². The number of likely N-dealkylation sites (tertiary alicyclic amines) is 1. The highest BCUT2D eigenvalue weighted by Crippen LogP contribution is 2.27. The molecule has 1 aromatic rings. The minimum atomic E-state index is -0.901. The number of β-amino-alcohol motifs (C(OH)–C–C–N with tert-alkyl or cyclic N) is 1. The Morgan fingerprint density at radius 3 is 2.46 bits per heavy atom. The molecule has 1 saturated carbocycles. The van der Waals surface area contributed by atoms with Crippen LogP contribution in [0.15, 0.2) is 30.3 Å². The Morgan fingerprint density at radius 2 is 1.88 bits per heavy atom. The van der Waals surface area contributed by atoms with Crippen LogP contribution in [-0.4, -0.2) is 52.8 Å². The number of nitrogens with zero attached hydrogens (tertiary/aromatic N) is 1. The zero-order valence-electron chi connectivity index (χ0n) is 14.3. The SMILES string of the molecule is CC(O)(CN1CCC(C(O)C(=O)NC2CC2)CC1)c1ccccc1. The number of aliphatic hydroxyl groups is 2. The highest BCUT2D eigenvalue weighted by atomic mass is 16.3. The maximum absolute atomic E-state index is 12.0. The molecular formula is C19H28N2O3. The van der Waals surface area contributed by atoms with Gasteiger partial charge in [0.2, 0.25) is 5.91 Å². The van der Waals surface area contributed by atoms with Crippen LogP contribution in [0.2, 0.25) is 0 Å². The molecule has 1 saturated heterocycles. The van der Waals surface area contributed by atoms with Crippen molar-refractivity contribution in [3.05, 3.63) is 35.9 Å². The average Bonchev–Trinajstić information content (AvgIpc) is 3.39. The van der Waals surface area contributed by atoms with Crippen molar-refractivity contribution in [2.75, 3.05) is 19.6 Å². The zero-order chi connectivity index (χ0) is 17.2. The van der Waals surface area contributed by atoms with Crippen LogP contribution in [0.3, 0.4) is 0 Å². The molecule has 5 nitrogen and oxygen atoms in total. The van der Waals surface area contributed by atoms with Gasteiger partial charge in [0.15, 0.2) is 0 Å². The van der Waals surface area contributed by atoms with Crippen LogP contribution in [0, 0.1) is 5.92 Å². The highest BCUT2D eigenvalue weighted by molar-refractivity contribution is 5.81. The molecule has 0 aromatic heterocycles. The average molecular weight is 332 g/mol. The molecule has 0 radical (unpaired) electrons. The molecule has 24 heavy (non-hydrogen) atoms. The lowest BCUT2D eigenvalue weighted by atomic mass is 9.89. The van der Waals surface area contributed by atoms with Gasteiger partial charge in [-0.15, -0.1) is 0 Å². The van der Waals surface area contributed by atoms with E-state index < -0.39 is 11.7 Å². The predicted molar refractivity (Wildman–Crippen MR) is 92.3 cm³/mol. The van der Waals surface area contributed by atoms with E-state index in [0.717, 1.165) is 44.3 Å². The summed E-state index contributed by atoms with van der Waals surface area (Å²) < 4.78 is 0. The molecule has 1 heterocycles. The minimum absolute atomic E-state index is 0.0154. The topological polar surface area (TPSA) is 72.8 Å². The third kappa shape index (κ3) is 4.35. The van der Waals surface area contributed by atoms with Crippen molar-refractivity contribution < 1.29 is 15.0 Å². The number of carbonyl (C=O) groups excluding carboxylic acids is 1. The van der Waals surface area contributed by atoms with Gasteiger partial charge >= 0.3 is 0 Å². The second-order valence-electron chi connectivity index (χ2n) is 7.48. The van der Waals surface area contributed by atoms with E-state index in [2.05, 4.69) is 10.2 Å². The van der Waals surface area contributed by atoms with E-state index in [1.165, 1.54) is 0 Å². The summed E-state index contributed by atoms with van der Waals surface area (Å²) >= 11 is 0. The molecule has 2 unspecified atom stereocenters. The summed E-state index contributed by atoms with van der Waals surface area (Å²) in [4.78, 5) is 14.2. The summed E-state index contributed by atoms with van der Waals surface area (Å²) in [6.45, 7) is 3.99. The summed E-state index contributed by atoms with van der Waals surface area (Å²) in [7, 11) is 0. The van der Waals surface area contributed by atoms with Crippen molar-refractivity contribution in [2.45, 2.75) is 50.4 Å². The first kappa shape index (κ1) is 17.4. The molecule has 3 N–H and O–H groups in total. The summed E-state index contributed by atoms with van der Waals surface area (Å²) in [5.74, 6) is -0.200. The Labute approximate surface area is 143 Å². The first-order valence-corrected chi connectivity index (χ1v) is 8.94. The van der Waals surface area contributed by atoms with Crippen LogP contribution in [0.5, 0.6) is 0 Å². The lowest BCUT2D eigenvalue weighted by molar-refractivity contribution is -0.133. The maximum Gasteiger partial charge on any atom is 0.249 e. The standard InChI is InChI=1S/C19H28N2O3/c1-19(24,15-5-3-2-4-6-15)13-21-11-9-14(10-12-21)17(22)18(23)20-16-7-8-16/h2-6,14,16-17,22,24H,7-13H2,1H3,(H,20,23). The summed E-state index contributed by atoms with van der Waals surface area (Å²) in [6, 6.07) is 9.99. The Balaban J connectivity index is 1.48. The third-order valence-corrected chi connectivity index (χ3v) is 5.20. The van der Waals surface area contributed by atoms with E-state index in [-0.39, 0.29) is 17.9 Å². The van der Waals surface area contributed by atoms with Gasteiger partial charge in [-0.1, -0.05) is 30.3 Å². The largest absolute Gasteiger partial charge is 0.384 e. The number of amides is 1. The Bertz CT molecular complexity index is 549. The van der Waals surface area contributed by atoms with Crippen LogP contribution in [0.4, 0.5) is 0 Å². The van der Waals surface area contributed by atoms with Gasteiger partial charge in [-0.3, -0.25) is 4.79 Å². The monoisotopic (exact) mass is 332 g/mol. The molecule has 2 aliphatic rings. The van der Waals surface area contributed by atoms with Gasteiger partial charge in [-0.2, -0.15) is 0 Å². The lowest BCUT2D eigenvalue weighted by Crippen LogP contribution is -2.47. The Morgan fingerprint density at radius 1 is 1.25 bits per heavy atom.